The normalized spacial score (nSPS) is 10.9. The molecule has 0 fully saturated rings. The molecular formula is C18H15BN4O3S. The van der Waals surface area contributed by atoms with Gasteiger partial charge in [-0.05, 0) is 29.3 Å². The third-order valence-corrected chi connectivity index (χ3v) is 5.10. The predicted molar refractivity (Wildman–Crippen MR) is 107 cm³/mol. The summed E-state index contributed by atoms with van der Waals surface area (Å²) in [5.41, 5.74) is 9.86. The van der Waals surface area contributed by atoms with Gasteiger partial charge in [0.2, 0.25) is 0 Å². The summed E-state index contributed by atoms with van der Waals surface area (Å²) in [5.74, 6) is 0.378. The number of nitrogens with two attached hydrogens (primary N) is 1. The van der Waals surface area contributed by atoms with Gasteiger partial charge in [0.05, 0.1) is 24.5 Å². The lowest BCUT2D eigenvalue weighted by Crippen LogP contribution is -2.31. The van der Waals surface area contributed by atoms with Crippen LogP contribution in [0, 0.1) is 0 Å². The minimum Gasteiger partial charge on any atom is -0.497 e. The largest absolute Gasteiger partial charge is 0.497 e. The van der Waals surface area contributed by atoms with Crippen molar-refractivity contribution in [2.45, 2.75) is 0 Å². The summed E-state index contributed by atoms with van der Waals surface area (Å²) >= 11 is 1.48. The molecular weight excluding hydrogens is 363 g/mol. The maximum absolute atomic E-state index is 9.76. The van der Waals surface area contributed by atoms with Crippen LogP contribution in [0.1, 0.15) is 0 Å². The van der Waals surface area contributed by atoms with Crippen LogP contribution >= 0.6 is 11.3 Å². The maximum Gasteiger partial charge on any atom is 0.492 e. The molecule has 0 radical (unpaired) electrons. The van der Waals surface area contributed by atoms with Gasteiger partial charge in [-0.25, -0.2) is 4.98 Å². The van der Waals surface area contributed by atoms with E-state index in [1.54, 1.807) is 18.3 Å². The van der Waals surface area contributed by atoms with Crippen LogP contribution in [-0.2, 0) is 0 Å². The lowest BCUT2D eigenvalue weighted by Gasteiger charge is -2.15. The van der Waals surface area contributed by atoms with E-state index in [1.165, 1.54) is 24.6 Å². The quantitative estimate of drug-likeness (QED) is 0.463. The first-order chi connectivity index (χ1) is 13.1. The van der Waals surface area contributed by atoms with Crippen molar-refractivity contribution in [2.75, 3.05) is 12.8 Å². The molecule has 9 heteroatoms. The van der Waals surface area contributed by atoms with Gasteiger partial charge in [-0.1, -0.05) is 12.1 Å². The number of benzene rings is 2. The molecule has 0 aliphatic rings. The second-order valence-corrected chi connectivity index (χ2v) is 6.78. The zero-order chi connectivity index (χ0) is 19.0. The standard InChI is InChI=1S/C18H15BN4O3S/c1-26-17-8-13(18-21-4-5-27-18)12(7-14(17)19(24)25)10-2-3-11-15(20)9-22-23-16(11)6-10/h2-9,24-25H,1H3,(H2,20,23). The third-order valence-electron chi connectivity index (χ3n) is 4.29. The topological polar surface area (TPSA) is 114 Å². The summed E-state index contributed by atoms with van der Waals surface area (Å²) in [6, 6.07) is 9.11. The number of hydrogen-bond donors (Lipinski definition) is 3. The van der Waals surface area contributed by atoms with Gasteiger partial charge in [0, 0.05) is 28.0 Å². The van der Waals surface area contributed by atoms with Crippen LogP contribution in [-0.4, -0.2) is 39.5 Å². The Bertz CT molecular complexity index is 1120. The van der Waals surface area contributed by atoms with Crippen molar-refractivity contribution >= 4 is 40.5 Å². The van der Waals surface area contributed by atoms with E-state index >= 15 is 0 Å². The Balaban J connectivity index is 1.99. The molecule has 0 bridgehead atoms. The Labute approximate surface area is 159 Å². The molecule has 2 aromatic carbocycles. The van der Waals surface area contributed by atoms with E-state index in [4.69, 9.17) is 10.5 Å². The summed E-state index contributed by atoms with van der Waals surface area (Å²) in [4.78, 5) is 4.39. The number of hydrogen-bond acceptors (Lipinski definition) is 8. The van der Waals surface area contributed by atoms with Crippen LogP contribution in [0.2, 0.25) is 0 Å². The number of nitrogens with zero attached hydrogens (tertiary/aromatic N) is 3. The minimum absolute atomic E-state index is 0.270. The number of aromatic nitrogens is 3. The molecule has 0 aliphatic heterocycles. The smallest absolute Gasteiger partial charge is 0.492 e. The number of nitrogen functional groups attached to an aromatic ring is 1. The molecule has 0 spiro atoms. The number of anilines is 1. The number of rotatable bonds is 4. The highest BCUT2D eigenvalue weighted by Crippen LogP contribution is 2.36. The summed E-state index contributed by atoms with van der Waals surface area (Å²) in [5, 5.41) is 31.1. The molecule has 0 amide bonds. The number of thiazole rings is 1. The van der Waals surface area contributed by atoms with Crippen molar-refractivity contribution in [3.63, 3.8) is 0 Å². The average Bonchev–Trinajstić information content (AvgIpc) is 3.21. The molecule has 2 heterocycles. The lowest BCUT2D eigenvalue weighted by molar-refractivity contribution is 0.403. The molecule has 0 saturated carbocycles. The lowest BCUT2D eigenvalue weighted by atomic mass is 9.77. The number of fused-ring (bicyclic) bond motifs is 1. The van der Waals surface area contributed by atoms with Crippen LogP contribution in [0.25, 0.3) is 32.6 Å². The van der Waals surface area contributed by atoms with E-state index in [9.17, 15) is 10.0 Å². The molecule has 4 N–H and O–H groups in total. The van der Waals surface area contributed by atoms with Crippen LogP contribution in [0.4, 0.5) is 5.69 Å². The Kier molecular flexibility index (Phi) is 4.48. The monoisotopic (exact) mass is 378 g/mol. The zero-order valence-electron chi connectivity index (χ0n) is 14.3. The number of ether oxygens (including phenoxy) is 1. The van der Waals surface area contributed by atoms with Crippen LogP contribution in [0.3, 0.4) is 0 Å². The van der Waals surface area contributed by atoms with Crippen molar-refractivity contribution in [1.82, 2.24) is 15.2 Å². The van der Waals surface area contributed by atoms with Crippen LogP contribution in [0.15, 0.2) is 48.1 Å². The molecule has 7 nitrogen and oxygen atoms in total. The fourth-order valence-electron chi connectivity index (χ4n) is 3.00. The predicted octanol–water partition coefficient (Wildman–Crippen LogP) is 1.69. The van der Waals surface area contributed by atoms with E-state index in [1.807, 2.05) is 23.6 Å². The Morgan fingerprint density at radius 1 is 1.15 bits per heavy atom. The van der Waals surface area contributed by atoms with Crippen molar-refractivity contribution in [3.05, 3.63) is 48.1 Å². The molecule has 0 saturated heterocycles. The van der Waals surface area contributed by atoms with E-state index in [0.29, 0.717) is 17.0 Å². The minimum atomic E-state index is -1.67. The van der Waals surface area contributed by atoms with Crippen molar-refractivity contribution in [3.8, 4) is 27.4 Å². The summed E-state index contributed by atoms with van der Waals surface area (Å²) in [6.45, 7) is 0. The van der Waals surface area contributed by atoms with Gasteiger partial charge in [0.15, 0.2) is 0 Å². The van der Waals surface area contributed by atoms with Crippen molar-refractivity contribution < 1.29 is 14.8 Å². The fraction of sp³-hybridized carbons (Fsp3) is 0.0556. The van der Waals surface area contributed by atoms with E-state index in [0.717, 1.165) is 27.1 Å². The first-order valence-corrected chi connectivity index (χ1v) is 8.95. The molecule has 2 aromatic heterocycles. The van der Waals surface area contributed by atoms with Crippen LogP contribution < -0.4 is 15.9 Å². The van der Waals surface area contributed by atoms with Gasteiger partial charge in [0.1, 0.15) is 10.8 Å². The maximum atomic E-state index is 9.76. The molecule has 0 unspecified atom stereocenters. The van der Waals surface area contributed by atoms with E-state index in [2.05, 4.69) is 15.2 Å². The first kappa shape index (κ1) is 17.4. The summed E-state index contributed by atoms with van der Waals surface area (Å²) in [7, 11) is -0.180. The molecule has 4 aromatic rings. The van der Waals surface area contributed by atoms with Gasteiger partial charge in [0.25, 0.3) is 0 Å². The van der Waals surface area contributed by atoms with E-state index in [-0.39, 0.29) is 5.46 Å². The second-order valence-electron chi connectivity index (χ2n) is 5.88. The highest BCUT2D eigenvalue weighted by atomic mass is 32.1. The second kappa shape index (κ2) is 6.95. The molecule has 0 atom stereocenters. The molecule has 4 rings (SSSR count). The third kappa shape index (κ3) is 3.12. The van der Waals surface area contributed by atoms with Gasteiger partial charge in [-0.15, -0.1) is 11.3 Å². The van der Waals surface area contributed by atoms with Crippen molar-refractivity contribution in [1.29, 1.82) is 0 Å². The Morgan fingerprint density at radius 2 is 2.00 bits per heavy atom. The highest BCUT2D eigenvalue weighted by Gasteiger charge is 2.22. The average molecular weight is 378 g/mol. The zero-order valence-corrected chi connectivity index (χ0v) is 15.1. The van der Waals surface area contributed by atoms with E-state index < -0.39 is 7.12 Å². The summed E-state index contributed by atoms with van der Waals surface area (Å²) < 4.78 is 5.34. The molecule has 0 aliphatic carbocycles. The SMILES string of the molecule is COc1cc(-c2nccs2)c(-c2ccc3c(N)cnnc3c2)cc1B(O)O. The van der Waals surface area contributed by atoms with Crippen LogP contribution in [0.5, 0.6) is 5.75 Å². The number of methoxy groups -OCH3 is 1. The molecule has 27 heavy (non-hydrogen) atoms. The molecule has 134 valence electrons. The van der Waals surface area contributed by atoms with Gasteiger partial charge in [-0.3, -0.25) is 0 Å². The summed E-state index contributed by atoms with van der Waals surface area (Å²) in [6.07, 6.45) is 3.23. The van der Waals surface area contributed by atoms with Gasteiger partial charge >= 0.3 is 7.12 Å². The Morgan fingerprint density at radius 3 is 2.70 bits per heavy atom. The van der Waals surface area contributed by atoms with Crippen molar-refractivity contribution in [2.24, 2.45) is 0 Å². The highest BCUT2D eigenvalue weighted by molar-refractivity contribution is 7.13. The Hall–Kier alpha value is -3.01. The fourth-order valence-corrected chi connectivity index (χ4v) is 3.66. The van der Waals surface area contributed by atoms with Gasteiger partial charge in [-0.2, -0.15) is 10.2 Å². The first-order valence-electron chi connectivity index (χ1n) is 8.07. The van der Waals surface area contributed by atoms with Gasteiger partial charge < -0.3 is 20.5 Å².